The molecule has 0 amide bonds. The van der Waals surface area contributed by atoms with Gasteiger partial charge in [0.1, 0.15) is 12.4 Å². The maximum atomic E-state index is 5.79. The Labute approximate surface area is 140 Å². The Hall–Kier alpha value is -1.14. The first kappa shape index (κ1) is 16.2. The molecule has 0 aliphatic heterocycles. The molecule has 1 aromatic carbocycles. The van der Waals surface area contributed by atoms with Crippen LogP contribution in [0.15, 0.2) is 42.5 Å². The number of aromatic nitrogens is 1. The molecule has 112 valence electrons. The van der Waals surface area contributed by atoms with E-state index in [-0.39, 0.29) is 5.54 Å². The van der Waals surface area contributed by atoms with Gasteiger partial charge in [0.2, 0.25) is 0 Å². The summed E-state index contributed by atoms with van der Waals surface area (Å²) in [7, 11) is 0. The minimum Gasteiger partial charge on any atom is -0.487 e. The van der Waals surface area contributed by atoms with E-state index in [0.29, 0.717) is 6.61 Å². The average molecular weight is 396 g/mol. The predicted molar refractivity (Wildman–Crippen MR) is 94.3 cm³/mol. The summed E-state index contributed by atoms with van der Waals surface area (Å²) in [5.74, 6) is 0.877. The van der Waals surface area contributed by atoms with E-state index in [4.69, 9.17) is 4.74 Å². The molecule has 0 radical (unpaired) electrons. The van der Waals surface area contributed by atoms with Gasteiger partial charge in [-0.25, -0.2) is 0 Å². The van der Waals surface area contributed by atoms with E-state index in [1.165, 1.54) is 3.57 Å². The monoisotopic (exact) mass is 396 g/mol. The predicted octanol–water partition coefficient (Wildman–Crippen LogP) is 4.15. The number of ether oxygens (including phenoxy) is 1. The maximum absolute atomic E-state index is 5.79. The van der Waals surface area contributed by atoms with Crippen molar-refractivity contribution in [1.29, 1.82) is 0 Å². The number of nitrogens with zero attached hydrogens (tertiary/aromatic N) is 1. The summed E-state index contributed by atoms with van der Waals surface area (Å²) in [6.07, 6.45) is 0. The fourth-order valence-corrected chi connectivity index (χ4v) is 2.29. The van der Waals surface area contributed by atoms with Gasteiger partial charge in [-0.2, -0.15) is 0 Å². The van der Waals surface area contributed by atoms with Gasteiger partial charge in [-0.05, 0) is 73.7 Å². The van der Waals surface area contributed by atoms with Crippen LogP contribution in [0.2, 0.25) is 0 Å². The SMILES string of the molecule is CC(C)(C)NCc1cccc(COc2cccc(I)c2)n1. The van der Waals surface area contributed by atoms with Crippen LogP contribution >= 0.6 is 22.6 Å². The quantitative estimate of drug-likeness (QED) is 0.771. The molecule has 1 aromatic heterocycles. The zero-order valence-corrected chi connectivity index (χ0v) is 14.8. The highest BCUT2D eigenvalue weighted by atomic mass is 127. The first-order valence-corrected chi connectivity index (χ1v) is 8.08. The number of pyridine rings is 1. The van der Waals surface area contributed by atoms with Crippen LogP contribution in [0.3, 0.4) is 0 Å². The summed E-state index contributed by atoms with van der Waals surface area (Å²) in [5.41, 5.74) is 2.07. The third-order valence-corrected chi connectivity index (χ3v) is 3.52. The molecule has 0 fully saturated rings. The molecule has 1 heterocycles. The van der Waals surface area contributed by atoms with Crippen molar-refractivity contribution in [1.82, 2.24) is 10.3 Å². The molecule has 0 unspecified atom stereocenters. The van der Waals surface area contributed by atoms with Gasteiger partial charge >= 0.3 is 0 Å². The summed E-state index contributed by atoms with van der Waals surface area (Å²) in [6.45, 7) is 7.70. The van der Waals surface area contributed by atoms with E-state index in [9.17, 15) is 0 Å². The summed E-state index contributed by atoms with van der Waals surface area (Å²) >= 11 is 2.28. The third-order valence-electron chi connectivity index (χ3n) is 2.85. The van der Waals surface area contributed by atoms with E-state index in [2.05, 4.69) is 53.7 Å². The van der Waals surface area contributed by atoms with Gasteiger partial charge in [0.05, 0.1) is 11.4 Å². The van der Waals surface area contributed by atoms with E-state index in [1.54, 1.807) is 0 Å². The van der Waals surface area contributed by atoms with Crippen molar-refractivity contribution in [2.75, 3.05) is 0 Å². The van der Waals surface area contributed by atoms with Crippen LogP contribution in [0.25, 0.3) is 0 Å². The van der Waals surface area contributed by atoms with Crippen LogP contribution in [-0.4, -0.2) is 10.5 Å². The molecular formula is C17H21IN2O. The molecule has 2 aromatic rings. The molecule has 4 heteroatoms. The lowest BCUT2D eigenvalue weighted by Crippen LogP contribution is -2.35. The standard InChI is InChI=1S/C17H21IN2O/c1-17(2,3)19-11-14-7-5-8-15(20-14)12-21-16-9-4-6-13(18)10-16/h4-10,19H,11-12H2,1-3H3. The van der Waals surface area contributed by atoms with Crippen molar-refractivity contribution >= 4 is 22.6 Å². The van der Waals surface area contributed by atoms with Gasteiger partial charge in [0.25, 0.3) is 0 Å². The molecule has 2 rings (SSSR count). The fraction of sp³-hybridized carbons (Fsp3) is 0.353. The van der Waals surface area contributed by atoms with Crippen LogP contribution < -0.4 is 10.1 Å². The maximum Gasteiger partial charge on any atom is 0.130 e. The summed E-state index contributed by atoms with van der Waals surface area (Å²) in [5, 5.41) is 3.44. The molecular weight excluding hydrogens is 375 g/mol. The highest BCUT2D eigenvalue weighted by molar-refractivity contribution is 14.1. The molecule has 1 N–H and O–H groups in total. The van der Waals surface area contributed by atoms with Crippen molar-refractivity contribution < 1.29 is 4.74 Å². The van der Waals surface area contributed by atoms with E-state index in [1.807, 2.05) is 42.5 Å². The Morgan fingerprint density at radius 1 is 1.10 bits per heavy atom. The molecule has 0 aliphatic carbocycles. The fourth-order valence-electron chi connectivity index (χ4n) is 1.78. The lowest BCUT2D eigenvalue weighted by molar-refractivity contribution is 0.300. The molecule has 0 atom stereocenters. The number of halogens is 1. The number of hydrogen-bond acceptors (Lipinski definition) is 3. The highest BCUT2D eigenvalue weighted by Crippen LogP contribution is 2.16. The van der Waals surface area contributed by atoms with Crippen LogP contribution in [0.1, 0.15) is 32.2 Å². The van der Waals surface area contributed by atoms with E-state index in [0.717, 1.165) is 23.7 Å². The number of nitrogens with one attached hydrogen (secondary N) is 1. The molecule has 0 spiro atoms. The zero-order chi connectivity index (χ0) is 15.3. The first-order valence-electron chi connectivity index (χ1n) is 7.01. The molecule has 3 nitrogen and oxygen atoms in total. The van der Waals surface area contributed by atoms with E-state index >= 15 is 0 Å². The normalized spacial score (nSPS) is 11.4. The minimum absolute atomic E-state index is 0.0922. The lowest BCUT2D eigenvalue weighted by atomic mass is 10.1. The Kier molecular flexibility index (Phi) is 5.58. The summed E-state index contributed by atoms with van der Waals surface area (Å²) < 4.78 is 6.95. The number of hydrogen-bond donors (Lipinski definition) is 1. The van der Waals surface area contributed by atoms with Crippen LogP contribution in [0.4, 0.5) is 0 Å². The smallest absolute Gasteiger partial charge is 0.130 e. The average Bonchev–Trinajstić information content (AvgIpc) is 2.43. The molecule has 0 aliphatic rings. The molecule has 21 heavy (non-hydrogen) atoms. The second kappa shape index (κ2) is 7.22. The van der Waals surface area contributed by atoms with Gasteiger partial charge < -0.3 is 10.1 Å². The number of benzene rings is 1. The third kappa shape index (κ3) is 6.01. The Balaban J connectivity index is 1.95. The van der Waals surface area contributed by atoms with Gasteiger partial charge in [-0.1, -0.05) is 12.1 Å². The van der Waals surface area contributed by atoms with Crippen LogP contribution in [0.5, 0.6) is 5.75 Å². The second-order valence-electron chi connectivity index (χ2n) is 5.97. The van der Waals surface area contributed by atoms with Crippen LogP contribution in [0, 0.1) is 3.57 Å². The Morgan fingerprint density at radius 2 is 1.81 bits per heavy atom. The first-order chi connectivity index (χ1) is 9.92. The molecule has 0 saturated heterocycles. The largest absolute Gasteiger partial charge is 0.487 e. The minimum atomic E-state index is 0.0922. The number of rotatable bonds is 5. The van der Waals surface area contributed by atoms with Crippen molar-refractivity contribution in [3.8, 4) is 5.75 Å². The summed E-state index contributed by atoms with van der Waals surface area (Å²) in [4.78, 5) is 4.62. The lowest BCUT2D eigenvalue weighted by Gasteiger charge is -2.20. The molecule has 0 saturated carbocycles. The zero-order valence-electron chi connectivity index (χ0n) is 12.7. The highest BCUT2D eigenvalue weighted by Gasteiger charge is 2.09. The van der Waals surface area contributed by atoms with Crippen molar-refractivity contribution in [3.05, 3.63) is 57.4 Å². The van der Waals surface area contributed by atoms with Gasteiger partial charge in [0, 0.05) is 15.7 Å². The van der Waals surface area contributed by atoms with Crippen molar-refractivity contribution in [3.63, 3.8) is 0 Å². The Morgan fingerprint density at radius 3 is 2.52 bits per heavy atom. The van der Waals surface area contributed by atoms with Gasteiger partial charge in [-0.15, -0.1) is 0 Å². The van der Waals surface area contributed by atoms with Crippen molar-refractivity contribution in [2.24, 2.45) is 0 Å². The van der Waals surface area contributed by atoms with Gasteiger partial charge in [0.15, 0.2) is 0 Å². The van der Waals surface area contributed by atoms with Crippen LogP contribution in [-0.2, 0) is 13.2 Å². The van der Waals surface area contributed by atoms with Gasteiger partial charge in [-0.3, -0.25) is 4.98 Å². The summed E-state index contributed by atoms with van der Waals surface area (Å²) in [6, 6.07) is 14.1. The molecule has 0 bridgehead atoms. The Bertz CT molecular complexity index is 593. The van der Waals surface area contributed by atoms with E-state index < -0.39 is 0 Å². The topological polar surface area (TPSA) is 34.1 Å². The van der Waals surface area contributed by atoms with Crippen molar-refractivity contribution in [2.45, 2.75) is 39.5 Å². The second-order valence-corrected chi connectivity index (χ2v) is 7.22.